The van der Waals surface area contributed by atoms with Crippen molar-refractivity contribution in [3.63, 3.8) is 0 Å². The second-order valence-electron chi connectivity index (χ2n) is 6.33. The molecule has 2 aliphatic carbocycles. The van der Waals surface area contributed by atoms with E-state index in [1.54, 1.807) is 18.2 Å². The quantitative estimate of drug-likeness (QED) is 0.811. The first-order valence-electron chi connectivity index (χ1n) is 8.19. The Morgan fingerprint density at radius 1 is 1.30 bits per heavy atom. The maximum absolute atomic E-state index is 12.3. The lowest BCUT2D eigenvalue weighted by atomic mass is 9.87. The Morgan fingerprint density at radius 2 is 2.13 bits per heavy atom. The molecule has 2 N–H and O–H groups in total. The molecule has 1 unspecified atom stereocenters. The number of benzene rings is 1. The Balaban J connectivity index is 1.57. The topological polar surface area (TPSA) is 50.4 Å². The molecular weight excluding hydrogens is 302 g/mol. The molecule has 1 saturated carbocycles. The van der Waals surface area contributed by atoms with E-state index >= 15 is 0 Å². The summed E-state index contributed by atoms with van der Waals surface area (Å²) in [7, 11) is 0. The molecule has 1 aromatic rings. The second-order valence-corrected chi connectivity index (χ2v) is 6.33. The lowest BCUT2D eigenvalue weighted by Gasteiger charge is -2.27. The van der Waals surface area contributed by atoms with Crippen molar-refractivity contribution in [2.75, 3.05) is 13.1 Å². The number of aryl methyl sites for hydroxylation is 1. The summed E-state index contributed by atoms with van der Waals surface area (Å²) in [6.45, 7) is -1.58. The number of carbonyl (C=O) groups excluding carboxylic acids is 1. The highest BCUT2D eigenvalue weighted by atomic mass is 19.3. The summed E-state index contributed by atoms with van der Waals surface area (Å²) >= 11 is 0. The van der Waals surface area contributed by atoms with Crippen molar-refractivity contribution in [2.45, 2.75) is 44.8 Å². The minimum atomic E-state index is -2.82. The van der Waals surface area contributed by atoms with Crippen LogP contribution in [0.2, 0.25) is 0 Å². The van der Waals surface area contributed by atoms with Gasteiger partial charge in [0.25, 0.3) is 0 Å². The van der Waals surface area contributed by atoms with Gasteiger partial charge in [0.2, 0.25) is 5.91 Å². The first-order chi connectivity index (χ1) is 11.1. The van der Waals surface area contributed by atoms with Crippen LogP contribution in [-0.2, 0) is 11.2 Å². The average molecular weight is 324 g/mol. The number of amides is 1. The first kappa shape index (κ1) is 16.2. The monoisotopic (exact) mass is 324 g/mol. The summed E-state index contributed by atoms with van der Waals surface area (Å²) in [5.74, 6) is 0.902. The molecule has 23 heavy (non-hydrogen) atoms. The number of halogens is 2. The molecule has 1 atom stereocenters. The number of rotatable bonds is 7. The van der Waals surface area contributed by atoms with Crippen LogP contribution in [0.5, 0.6) is 5.75 Å². The molecule has 0 aliphatic heterocycles. The van der Waals surface area contributed by atoms with E-state index in [-0.39, 0.29) is 17.7 Å². The minimum Gasteiger partial charge on any atom is -0.435 e. The van der Waals surface area contributed by atoms with E-state index in [9.17, 15) is 13.6 Å². The second kappa shape index (κ2) is 7.25. The zero-order valence-electron chi connectivity index (χ0n) is 13.0. The fraction of sp³-hybridized carbons (Fsp3) is 0.588. The summed E-state index contributed by atoms with van der Waals surface area (Å²) in [5, 5.41) is 6.22. The lowest BCUT2D eigenvalue weighted by molar-refractivity contribution is -0.121. The Hall–Kier alpha value is -1.69. The maximum Gasteiger partial charge on any atom is 0.387 e. The van der Waals surface area contributed by atoms with Crippen molar-refractivity contribution in [2.24, 2.45) is 5.92 Å². The van der Waals surface area contributed by atoms with Gasteiger partial charge in [-0.05, 0) is 67.8 Å². The normalized spacial score (nSPS) is 20.2. The lowest BCUT2D eigenvalue weighted by Crippen LogP contribution is -2.38. The fourth-order valence-electron chi connectivity index (χ4n) is 3.07. The highest BCUT2D eigenvalue weighted by Crippen LogP contribution is 2.32. The molecule has 0 aromatic heterocycles. The van der Waals surface area contributed by atoms with E-state index < -0.39 is 6.61 Å². The number of carbonyl (C=O) groups is 1. The van der Waals surface area contributed by atoms with E-state index in [0.29, 0.717) is 6.54 Å². The van der Waals surface area contributed by atoms with Crippen LogP contribution in [0.25, 0.3) is 0 Å². The Bertz CT molecular complexity index is 562. The van der Waals surface area contributed by atoms with Crippen LogP contribution < -0.4 is 15.4 Å². The van der Waals surface area contributed by atoms with Crippen molar-refractivity contribution in [1.29, 1.82) is 0 Å². The molecule has 126 valence electrons. The maximum atomic E-state index is 12.3. The third-order valence-corrected chi connectivity index (χ3v) is 4.40. The van der Waals surface area contributed by atoms with Crippen LogP contribution >= 0.6 is 0 Å². The predicted octanol–water partition coefficient (Wildman–Crippen LogP) is 2.78. The van der Waals surface area contributed by atoms with E-state index in [4.69, 9.17) is 0 Å². The number of nitrogens with one attached hydrogen (secondary N) is 2. The van der Waals surface area contributed by atoms with Gasteiger partial charge in [0.1, 0.15) is 5.75 Å². The van der Waals surface area contributed by atoms with Gasteiger partial charge in [-0.15, -0.1) is 0 Å². The average Bonchev–Trinajstić information content (AvgIpc) is 3.31. The highest BCUT2D eigenvalue weighted by molar-refractivity contribution is 5.78. The fourth-order valence-corrected chi connectivity index (χ4v) is 3.07. The molecule has 3 rings (SSSR count). The molecule has 1 amide bonds. The standard InChI is InChI=1S/C17H22F2N2O2/c18-17(19)23-13-6-7-14-12(8-13)2-1-3-15(14)21-16(22)10-20-9-11-4-5-11/h6-8,11,15,17,20H,1-5,9-10H2,(H,21,22). The number of fused-ring (bicyclic) bond motifs is 1. The number of alkyl halides is 2. The van der Waals surface area contributed by atoms with E-state index in [1.807, 2.05) is 0 Å². The summed E-state index contributed by atoms with van der Waals surface area (Å²) in [6, 6.07) is 4.94. The molecule has 6 heteroatoms. The molecule has 1 aromatic carbocycles. The van der Waals surface area contributed by atoms with Gasteiger partial charge in [-0.2, -0.15) is 8.78 Å². The molecule has 0 saturated heterocycles. The van der Waals surface area contributed by atoms with Gasteiger partial charge >= 0.3 is 6.61 Å². The smallest absolute Gasteiger partial charge is 0.387 e. The van der Waals surface area contributed by atoms with Gasteiger partial charge in [0, 0.05) is 0 Å². The van der Waals surface area contributed by atoms with Gasteiger partial charge in [-0.25, -0.2) is 0 Å². The van der Waals surface area contributed by atoms with E-state index in [1.165, 1.54) is 12.8 Å². The first-order valence-corrected chi connectivity index (χ1v) is 8.19. The predicted molar refractivity (Wildman–Crippen MR) is 82.5 cm³/mol. The molecular formula is C17H22F2N2O2. The van der Waals surface area contributed by atoms with Crippen LogP contribution in [0.3, 0.4) is 0 Å². The molecule has 4 nitrogen and oxygen atoms in total. The van der Waals surface area contributed by atoms with Gasteiger partial charge in [-0.3, -0.25) is 4.79 Å². The number of hydrogen-bond donors (Lipinski definition) is 2. The SMILES string of the molecule is O=C(CNCC1CC1)NC1CCCc2cc(OC(F)F)ccc21. The van der Waals surface area contributed by atoms with Crippen LogP contribution in [0.1, 0.15) is 42.9 Å². The zero-order valence-corrected chi connectivity index (χ0v) is 13.0. The van der Waals surface area contributed by atoms with Gasteiger partial charge in [0.05, 0.1) is 12.6 Å². The zero-order chi connectivity index (χ0) is 16.2. The third-order valence-electron chi connectivity index (χ3n) is 4.40. The largest absolute Gasteiger partial charge is 0.435 e. The summed E-state index contributed by atoms with van der Waals surface area (Å²) in [4.78, 5) is 12.0. The van der Waals surface area contributed by atoms with Crippen molar-refractivity contribution in [3.8, 4) is 5.75 Å². The van der Waals surface area contributed by atoms with Crippen molar-refractivity contribution < 1.29 is 18.3 Å². The highest BCUT2D eigenvalue weighted by Gasteiger charge is 2.24. The molecule has 1 fully saturated rings. The number of hydrogen-bond acceptors (Lipinski definition) is 3. The van der Waals surface area contributed by atoms with Crippen LogP contribution in [-0.4, -0.2) is 25.6 Å². The molecule has 0 bridgehead atoms. The van der Waals surface area contributed by atoms with E-state index in [2.05, 4.69) is 15.4 Å². The Labute approximate surface area is 134 Å². The van der Waals surface area contributed by atoms with Gasteiger partial charge in [0.15, 0.2) is 0 Å². The van der Waals surface area contributed by atoms with Gasteiger partial charge < -0.3 is 15.4 Å². The van der Waals surface area contributed by atoms with Gasteiger partial charge in [-0.1, -0.05) is 6.07 Å². The number of ether oxygens (including phenoxy) is 1. The van der Waals surface area contributed by atoms with Crippen LogP contribution in [0.4, 0.5) is 8.78 Å². The molecule has 0 spiro atoms. The summed E-state index contributed by atoms with van der Waals surface area (Å²) < 4.78 is 29.0. The van der Waals surface area contributed by atoms with Crippen LogP contribution in [0, 0.1) is 5.92 Å². The molecule has 0 radical (unpaired) electrons. The minimum absolute atomic E-state index is 0.0172. The Morgan fingerprint density at radius 3 is 2.87 bits per heavy atom. The van der Waals surface area contributed by atoms with Crippen molar-refractivity contribution in [1.82, 2.24) is 10.6 Å². The van der Waals surface area contributed by atoms with Crippen molar-refractivity contribution in [3.05, 3.63) is 29.3 Å². The molecule has 0 heterocycles. The van der Waals surface area contributed by atoms with Crippen molar-refractivity contribution >= 4 is 5.91 Å². The van der Waals surface area contributed by atoms with Crippen LogP contribution in [0.15, 0.2) is 18.2 Å². The molecule has 2 aliphatic rings. The summed E-state index contributed by atoms with van der Waals surface area (Å²) in [6.07, 6.45) is 5.13. The summed E-state index contributed by atoms with van der Waals surface area (Å²) in [5.41, 5.74) is 1.99. The Kier molecular flexibility index (Phi) is 5.10. The van der Waals surface area contributed by atoms with E-state index in [0.717, 1.165) is 42.9 Å². The third kappa shape index (κ3) is 4.64.